The fourth-order valence-electron chi connectivity index (χ4n) is 3.07. The summed E-state index contributed by atoms with van der Waals surface area (Å²) in [5.74, 6) is 1.18. The van der Waals surface area contributed by atoms with E-state index < -0.39 is 0 Å². The van der Waals surface area contributed by atoms with Gasteiger partial charge in [-0.15, -0.1) is 0 Å². The van der Waals surface area contributed by atoms with E-state index in [1.54, 1.807) is 0 Å². The van der Waals surface area contributed by atoms with Gasteiger partial charge in [-0.1, -0.05) is 18.2 Å². The summed E-state index contributed by atoms with van der Waals surface area (Å²) < 4.78 is 11.3. The Bertz CT molecular complexity index is 514. The zero-order valence-corrected chi connectivity index (χ0v) is 7.54. The van der Waals surface area contributed by atoms with Crippen LogP contribution in [-0.4, -0.2) is 17.8 Å². The smallest absolute Gasteiger partial charge is 0.194 e. The Morgan fingerprint density at radius 3 is 3.00 bits per heavy atom. The standard InChI is InChI=1S/C12H8O2/c1-2-7-8(3-1)11(6-13-11)5-12-9(7)4-10(12)14-12/h1-4H,5-6H2. The lowest BCUT2D eigenvalue weighted by Crippen LogP contribution is -2.35. The molecule has 0 amide bonds. The van der Waals surface area contributed by atoms with Gasteiger partial charge in [-0.2, -0.15) is 0 Å². The Labute approximate surface area is 81.2 Å². The molecular weight excluding hydrogens is 176 g/mol. The van der Waals surface area contributed by atoms with Gasteiger partial charge in [0.25, 0.3) is 0 Å². The first-order chi connectivity index (χ1) is 6.84. The van der Waals surface area contributed by atoms with Crippen LogP contribution in [0.1, 0.15) is 6.42 Å². The van der Waals surface area contributed by atoms with Crippen LogP contribution in [-0.2, 0) is 9.47 Å². The Morgan fingerprint density at radius 2 is 2.29 bits per heavy atom. The van der Waals surface area contributed by atoms with Crippen LogP contribution in [0.5, 0.6) is 0 Å². The largest absolute Gasteiger partial charge is 0.474 e. The van der Waals surface area contributed by atoms with Crippen LogP contribution >= 0.6 is 0 Å². The van der Waals surface area contributed by atoms with E-state index in [1.807, 2.05) is 0 Å². The van der Waals surface area contributed by atoms with Crippen LogP contribution < -0.4 is 0 Å². The van der Waals surface area contributed by atoms with Crippen molar-refractivity contribution in [2.24, 2.45) is 0 Å². The number of allylic oxidation sites excluding steroid dienone is 3. The van der Waals surface area contributed by atoms with Gasteiger partial charge in [-0.3, -0.25) is 0 Å². The Hall–Kier alpha value is -1.28. The summed E-state index contributed by atoms with van der Waals surface area (Å²) in [7, 11) is 0. The van der Waals surface area contributed by atoms with Gasteiger partial charge in [0.15, 0.2) is 5.60 Å². The van der Waals surface area contributed by atoms with Crippen LogP contribution in [0, 0.1) is 0 Å². The normalized spacial score (nSPS) is 48.6. The highest BCUT2D eigenvalue weighted by Crippen LogP contribution is 2.68. The molecule has 2 heteroatoms. The number of hydrogen-bond donors (Lipinski definition) is 0. The van der Waals surface area contributed by atoms with Gasteiger partial charge in [-0.05, 0) is 17.2 Å². The van der Waals surface area contributed by atoms with Crippen molar-refractivity contribution in [2.75, 3.05) is 6.61 Å². The van der Waals surface area contributed by atoms with E-state index in [9.17, 15) is 0 Å². The number of epoxide rings is 2. The van der Waals surface area contributed by atoms with E-state index in [1.165, 1.54) is 22.5 Å². The number of hydrogen-bond acceptors (Lipinski definition) is 2. The van der Waals surface area contributed by atoms with E-state index >= 15 is 0 Å². The Morgan fingerprint density at radius 1 is 1.36 bits per heavy atom. The summed E-state index contributed by atoms with van der Waals surface area (Å²) in [6.07, 6.45) is 9.68. The lowest BCUT2D eigenvalue weighted by Gasteiger charge is -2.30. The van der Waals surface area contributed by atoms with E-state index in [4.69, 9.17) is 9.47 Å². The predicted octanol–water partition coefficient (Wildman–Crippen LogP) is 1.62. The molecule has 2 unspecified atom stereocenters. The quantitative estimate of drug-likeness (QED) is 0.534. The molecule has 2 aliphatic heterocycles. The third-order valence-electron chi connectivity index (χ3n) is 3.98. The van der Waals surface area contributed by atoms with E-state index in [-0.39, 0.29) is 11.2 Å². The molecule has 14 heavy (non-hydrogen) atoms. The minimum atomic E-state index is -0.00213. The van der Waals surface area contributed by atoms with Crippen molar-refractivity contribution in [3.63, 3.8) is 0 Å². The second-order valence-electron chi connectivity index (χ2n) is 4.66. The topological polar surface area (TPSA) is 25.1 Å². The number of ether oxygens (including phenoxy) is 2. The molecule has 0 saturated carbocycles. The average molecular weight is 184 g/mol. The summed E-state index contributed by atoms with van der Waals surface area (Å²) in [5, 5.41) is 0. The lowest BCUT2D eigenvalue weighted by atomic mass is 9.69. The fraction of sp³-hybridized carbons (Fsp3) is 0.333. The summed E-state index contributed by atoms with van der Waals surface area (Å²) in [5.41, 5.74) is 4.13. The SMILES string of the molecule is C1=CC2=C3C=C4OC43CC3(CO3)C2=C1. The molecule has 0 aromatic heterocycles. The van der Waals surface area contributed by atoms with Gasteiger partial charge >= 0.3 is 0 Å². The van der Waals surface area contributed by atoms with Gasteiger partial charge in [-0.25, -0.2) is 0 Å². The monoisotopic (exact) mass is 184 g/mol. The minimum absolute atomic E-state index is 0.00213. The Balaban J connectivity index is 1.87. The average Bonchev–Trinajstić information content (AvgIpc) is 2.93. The maximum Gasteiger partial charge on any atom is 0.194 e. The van der Waals surface area contributed by atoms with Crippen LogP contribution in [0.15, 0.2) is 46.8 Å². The molecule has 5 rings (SSSR count). The van der Waals surface area contributed by atoms with Crippen molar-refractivity contribution >= 4 is 0 Å². The van der Waals surface area contributed by atoms with Gasteiger partial charge in [0, 0.05) is 12.0 Å². The highest BCUT2D eigenvalue weighted by molar-refractivity contribution is 5.73. The maximum atomic E-state index is 5.67. The minimum Gasteiger partial charge on any atom is -0.474 e. The second-order valence-corrected chi connectivity index (χ2v) is 4.66. The maximum absolute atomic E-state index is 5.67. The first-order valence-corrected chi connectivity index (χ1v) is 5.03. The molecule has 68 valence electrons. The molecule has 2 atom stereocenters. The highest BCUT2D eigenvalue weighted by atomic mass is 16.6. The number of rotatable bonds is 0. The first-order valence-electron chi connectivity index (χ1n) is 5.03. The summed E-state index contributed by atoms with van der Waals surface area (Å²) in [6, 6.07) is 0. The molecule has 3 aliphatic carbocycles. The van der Waals surface area contributed by atoms with Gasteiger partial charge in [0.05, 0.1) is 6.61 Å². The zero-order valence-electron chi connectivity index (χ0n) is 7.54. The van der Waals surface area contributed by atoms with Crippen molar-refractivity contribution in [2.45, 2.75) is 17.6 Å². The predicted molar refractivity (Wildman–Crippen MR) is 49.4 cm³/mol. The molecule has 0 aromatic carbocycles. The van der Waals surface area contributed by atoms with Crippen LogP contribution in [0.3, 0.4) is 0 Å². The van der Waals surface area contributed by atoms with Crippen molar-refractivity contribution in [1.82, 2.24) is 0 Å². The van der Waals surface area contributed by atoms with Crippen molar-refractivity contribution < 1.29 is 9.47 Å². The van der Waals surface area contributed by atoms with E-state index in [0.717, 1.165) is 13.0 Å². The van der Waals surface area contributed by atoms with Gasteiger partial charge in [0.2, 0.25) is 0 Å². The van der Waals surface area contributed by atoms with Crippen molar-refractivity contribution in [3.05, 3.63) is 46.8 Å². The summed E-state index contributed by atoms with van der Waals surface area (Å²) in [6.45, 7) is 0.871. The third-order valence-corrected chi connectivity index (χ3v) is 3.98. The van der Waals surface area contributed by atoms with Crippen LogP contribution in [0.4, 0.5) is 0 Å². The molecule has 2 saturated heterocycles. The van der Waals surface area contributed by atoms with Crippen molar-refractivity contribution in [1.29, 1.82) is 0 Å². The van der Waals surface area contributed by atoms with Gasteiger partial charge < -0.3 is 9.47 Å². The molecule has 0 bridgehead atoms. The molecule has 2 nitrogen and oxygen atoms in total. The fourth-order valence-corrected chi connectivity index (χ4v) is 3.07. The Kier molecular flexibility index (Phi) is 0.637. The number of fused-ring (bicyclic) bond motifs is 2. The highest BCUT2D eigenvalue weighted by Gasteiger charge is 2.72. The lowest BCUT2D eigenvalue weighted by molar-refractivity contribution is 0.246. The van der Waals surface area contributed by atoms with Crippen LogP contribution in [0.2, 0.25) is 0 Å². The summed E-state index contributed by atoms with van der Waals surface area (Å²) in [4.78, 5) is 0. The molecule has 0 N–H and O–H groups in total. The molecule has 0 aromatic rings. The zero-order chi connectivity index (χ0) is 8.97. The second kappa shape index (κ2) is 1.43. The van der Waals surface area contributed by atoms with Crippen molar-refractivity contribution in [3.8, 4) is 0 Å². The first kappa shape index (κ1) is 6.25. The summed E-state index contributed by atoms with van der Waals surface area (Å²) >= 11 is 0. The third kappa shape index (κ3) is 0.427. The molecule has 0 radical (unpaired) electrons. The van der Waals surface area contributed by atoms with E-state index in [2.05, 4.69) is 24.3 Å². The molecule has 2 fully saturated rings. The molecule has 2 spiro atoms. The van der Waals surface area contributed by atoms with Gasteiger partial charge in [0.1, 0.15) is 11.4 Å². The molecule has 2 heterocycles. The van der Waals surface area contributed by atoms with E-state index in [0.29, 0.717) is 0 Å². The molecular formula is C12H8O2. The van der Waals surface area contributed by atoms with Crippen LogP contribution in [0.25, 0.3) is 0 Å². The molecule has 5 aliphatic rings.